The minimum atomic E-state index is 0. The highest BCUT2D eigenvalue weighted by atomic mass is 127. The standard InChI is InChI=1S/C18H25N5.HI/c1-23(2)17-11-13(15-9-5-6-10-16(15)22-17)12-20-18(19)21-14-7-3-4-8-14;/h5-6,9-11,14H,3-4,7-8,12H2,1-2H3,(H3,19,20,21);1H. The Bertz CT molecular complexity index is 708. The number of anilines is 1. The normalized spacial score (nSPS) is 15.3. The molecule has 3 rings (SSSR count). The van der Waals surface area contributed by atoms with Gasteiger partial charge in [-0.1, -0.05) is 31.0 Å². The Morgan fingerprint density at radius 1 is 1.29 bits per heavy atom. The maximum absolute atomic E-state index is 6.06. The van der Waals surface area contributed by atoms with Crippen molar-refractivity contribution in [3.05, 3.63) is 35.9 Å². The molecule has 1 aromatic carbocycles. The Balaban J connectivity index is 0.00000208. The first kappa shape index (κ1) is 18.8. The van der Waals surface area contributed by atoms with Crippen LogP contribution in [-0.4, -0.2) is 31.1 Å². The molecule has 0 radical (unpaired) electrons. The van der Waals surface area contributed by atoms with Crippen LogP contribution in [0.5, 0.6) is 0 Å². The fourth-order valence-corrected chi connectivity index (χ4v) is 3.09. The largest absolute Gasteiger partial charge is 0.370 e. The van der Waals surface area contributed by atoms with Crippen LogP contribution in [0.3, 0.4) is 0 Å². The molecule has 1 aliphatic rings. The molecule has 0 bridgehead atoms. The zero-order chi connectivity index (χ0) is 16.2. The van der Waals surface area contributed by atoms with Crippen LogP contribution in [-0.2, 0) is 6.54 Å². The lowest BCUT2D eigenvalue weighted by Crippen LogP contribution is -2.38. The molecule has 0 saturated heterocycles. The number of fused-ring (bicyclic) bond motifs is 1. The van der Waals surface area contributed by atoms with Gasteiger partial charge in [0.25, 0.3) is 0 Å². The molecule has 0 atom stereocenters. The molecular weight excluding hydrogens is 413 g/mol. The van der Waals surface area contributed by atoms with Gasteiger partial charge in [0.2, 0.25) is 0 Å². The van der Waals surface area contributed by atoms with E-state index in [2.05, 4.69) is 27.4 Å². The van der Waals surface area contributed by atoms with Crippen LogP contribution < -0.4 is 16.0 Å². The number of benzene rings is 1. The van der Waals surface area contributed by atoms with Crippen LogP contribution in [0.15, 0.2) is 35.3 Å². The van der Waals surface area contributed by atoms with E-state index in [0.717, 1.165) is 22.3 Å². The zero-order valence-electron chi connectivity index (χ0n) is 14.3. The van der Waals surface area contributed by atoms with Crippen molar-refractivity contribution in [2.75, 3.05) is 19.0 Å². The highest BCUT2D eigenvalue weighted by Crippen LogP contribution is 2.23. The van der Waals surface area contributed by atoms with Crippen LogP contribution in [0.4, 0.5) is 5.82 Å². The van der Waals surface area contributed by atoms with Crippen LogP contribution in [0.1, 0.15) is 31.2 Å². The third kappa shape index (κ3) is 4.49. The summed E-state index contributed by atoms with van der Waals surface area (Å²) in [6.45, 7) is 0.565. The predicted octanol–water partition coefficient (Wildman–Crippen LogP) is 3.27. The number of rotatable bonds is 4. The van der Waals surface area contributed by atoms with Gasteiger partial charge >= 0.3 is 0 Å². The summed E-state index contributed by atoms with van der Waals surface area (Å²) in [5.74, 6) is 1.49. The first-order valence-corrected chi connectivity index (χ1v) is 8.26. The monoisotopic (exact) mass is 439 g/mol. The molecule has 24 heavy (non-hydrogen) atoms. The lowest BCUT2D eigenvalue weighted by molar-refractivity contribution is 0.625. The van der Waals surface area contributed by atoms with Crippen molar-refractivity contribution >= 4 is 46.7 Å². The molecule has 5 nitrogen and oxygen atoms in total. The number of nitrogens with one attached hydrogen (secondary N) is 1. The van der Waals surface area contributed by atoms with Gasteiger partial charge in [-0.2, -0.15) is 0 Å². The van der Waals surface area contributed by atoms with E-state index in [1.807, 2.05) is 37.2 Å². The van der Waals surface area contributed by atoms with Crippen molar-refractivity contribution in [3.8, 4) is 0 Å². The fourth-order valence-electron chi connectivity index (χ4n) is 3.09. The minimum Gasteiger partial charge on any atom is -0.370 e. The van der Waals surface area contributed by atoms with E-state index >= 15 is 0 Å². The number of nitrogens with zero attached hydrogens (tertiary/aromatic N) is 3. The van der Waals surface area contributed by atoms with Gasteiger partial charge in [0.05, 0.1) is 12.1 Å². The molecule has 0 spiro atoms. The predicted molar refractivity (Wildman–Crippen MR) is 112 cm³/mol. The molecule has 1 heterocycles. The molecule has 1 aliphatic carbocycles. The second-order valence-corrected chi connectivity index (χ2v) is 6.38. The number of hydrogen-bond acceptors (Lipinski definition) is 3. The maximum Gasteiger partial charge on any atom is 0.189 e. The third-order valence-corrected chi connectivity index (χ3v) is 4.37. The third-order valence-electron chi connectivity index (χ3n) is 4.37. The fraction of sp³-hybridized carbons (Fsp3) is 0.444. The highest BCUT2D eigenvalue weighted by molar-refractivity contribution is 14.0. The summed E-state index contributed by atoms with van der Waals surface area (Å²) in [5, 5.41) is 4.47. The molecule has 6 heteroatoms. The topological polar surface area (TPSA) is 66.5 Å². The molecule has 1 saturated carbocycles. The minimum absolute atomic E-state index is 0. The summed E-state index contributed by atoms with van der Waals surface area (Å²) >= 11 is 0. The molecule has 3 N–H and O–H groups in total. The van der Waals surface area contributed by atoms with E-state index in [1.54, 1.807) is 0 Å². The summed E-state index contributed by atoms with van der Waals surface area (Å²) in [6.07, 6.45) is 4.95. The van der Waals surface area contributed by atoms with Crippen molar-refractivity contribution in [2.45, 2.75) is 38.3 Å². The number of aromatic nitrogens is 1. The second-order valence-electron chi connectivity index (χ2n) is 6.38. The summed E-state index contributed by atoms with van der Waals surface area (Å²) in [4.78, 5) is 11.2. The SMILES string of the molecule is CN(C)c1cc(CN=C(N)NC2CCCC2)c2ccccc2n1.I. The van der Waals surface area contributed by atoms with Crippen LogP contribution in [0.2, 0.25) is 0 Å². The summed E-state index contributed by atoms with van der Waals surface area (Å²) in [7, 11) is 4.00. The van der Waals surface area contributed by atoms with Gasteiger partial charge in [-0.05, 0) is 30.5 Å². The molecule has 0 unspecified atom stereocenters. The molecule has 1 aromatic heterocycles. The Morgan fingerprint density at radius 3 is 2.71 bits per heavy atom. The number of aliphatic imine (C=N–C) groups is 1. The van der Waals surface area contributed by atoms with Crippen LogP contribution in [0.25, 0.3) is 10.9 Å². The summed E-state index contributed by atoms with van der Waals surface area (Å²) in [5.41, 5.74) is 8.20. The van der Waals surface area contributed by atoms with Crippen molar-refractivity contribution < 1.29 is 0 Å². The van der Waals surface area contributed by atoms with Crippen molar-refractivity contribution in [2.24, 2.45) is 10.7 Å². The van der Waals surface area contributed by atoms with E-state index in [1.165, 1.54) is 25.7 Å². The van der Waals surface area contributed by atoms with Gasteiger partial charge < -0.3 is 16.0 Å². The number of halogens is 1. The average Bonchev–Trinajstić information content (AvgIpc) is 3.05. The lowest BCUT2D eigenvalue weighted by atomic mass is 10.1. The Labute approximate surface area is 160 Å². The van der Waals surface area contributed by atoms with Gasteiger partial charge in [0.1, 0.15) is 5.82 Å². The summed E-state index contributed by atoms with van der Waals surface area (Å²) in [6, 6.07) is 10.8. The Hall–Kier alpha value is -1.57. The van der Waals surface area contributed by atoms with Crippen LogP contribution in [0, 0.1) is 0 Å². The van der Waals surface area contributed by atoms with Gasteiger partial charge in [-0.3, -0.25) is 0 Å². The van der Waals surface area contributed by atoms with Gasteiger partial charge in [0.15, 0.2) is 5.96 Å². The summed E-state index contributed by atoms with van der Waals surface area (Å²) < 4.78 is 0. The molecule has 0 amide bonds. The number of hydrogen-bond donors (Lipinski definition) is 2. The highest BCUT2D eigenvalue weighted by Gasteiger charge is 2.15. The Kier molecular flexibility index (Phi) is 6.65. The first-order chi connectivity index (χ1) is 11.1. The van der Waals surface area contributed by atoms with Crippen molar-refractivity contribution in [1.82, 2.24) is 10.3 Å². The van der Waals surface area contributed by atoms with Crippen LogP contribution >= 0.6 is 24.0 Å². The number of nitrogens with two attached hydrogens (primary N) is 1. The number of para-hydroxylation sites is 1. The average molecular weight is 439 g/mol. The molecule has 130 valence electrons. The molecule has 1 fully saturated rings. The number of pyridine rings is 1. The Morgan fingerprint density at radius 2 is 2.00 bits per heavy atom. The molecule has 2 aromatic rings. The first-order valence-electron chi connectivity index (χ1n) is 8.26. The van der Waals surface area contributed by atoms with E-state index in [-0.39, 0.29) is 24.0 Å². The maximum atomic E-state index is 6.06. The zero-order valence-corrected chi connectivity index (χ0v) is 16.7. The smallest absolute Gasteiger partial charge is 0.189 e. The van der Waals surface area contributed by atoms with Crippen molar-refractivity contribution in [1.29, 1.82) is 0 Å². The van der Waals surface area contributed by atoms with Gasteiger partial charge in [-0.15, -0.1) is 24.0 Å². The van der Waals surface area contributed by atoms with E-state index in [9.17, 15) is 0 Å². The van der Waals surface area contributed by atoms with Gasteiger partial charge in [-0.25, -0.2) is 9.98 Å². The van der Waals surface area contributed by atoms with E-state index < -0.39 is 0 Å². The van der Waals surface area contributed by atoms with E-state index in [4.69, 9.17) is 5.73 Å². The number of guanidine groups is 1. The second kappa shape index (κ2) is 8.50. The molecule has 0 aliphatic heterocycles. The van der Waals surface area contributed by atoms with Crippen molar-refractivity contribution in [3.63, 3.8) is 0 Å². The van der Waals surface area contributed by atoms with E-state index in [0.29, 0.717) is 18.5 Å². The quantitative estimate of drug-likeness (QED) is 0.436. The lowest BCUT2D eigenvalue weighted by Gasteiger charge is -2.15. The van der Waals surface area contributed by atoms with Gasteiger partial charge in [0, 0.05) is 25.5 Å². The molecular formula is C18H26IN5.